The van der Waals surface area contributed by atoms with Crippen molar-refractivity contribution in [3.8, 4) is 0 Å². The van der Waals surface area contributed by atoms with E-state index >= 15 is 0 Å². The van der Waals surface area contributed by atoms with Crippen LogP contribution in [0.15, 0.2) is 17.9 Å². The summed E-state index contributed by atoms with van der Waals surface area (Å²) in [7, 11) is 0. The first-order chi connectivity index (χ1) is 6.15. The van der Waals surface area contributed by atoms with E-state index in [1.165, 1.54) is 18.4 Å². The molecule has 0 aromatic rings. The van der Waals surface area contributed by atoms with E-state index in [4.69, 9.17) is 0 Å². The molecule has 0 aliphatic heterocycles. The monoisotopic (exact) mass is 178 g/mol. The Hall–Kier alpha value is -0.810. The molecule has 0 bridgehead atoms. The van der Waals surface area contributed by atoms with Crippen LogP contribution in [-0.2, 0) is 4.79 Å². The van der Waals surface area contributed by atoms with E-state index in [0.717, 1.165) is 12.8 Å². The van der Waals surface area contributed by atoms with Gasteiger partial charge in [-0.2, -0.15) is 0 Å². The smallest absolute Gasteiger partial charge is 0.132 e. The molecule has 0 aromatic heterocycles. The number of ketones is 1. The molecule has 1 heteroatoms. The zero-order valence-electron chi connectivity index (χ0n) is 8.60. The van der Waals surface area contributed by atoms with Crippen molar-refractivity contribution in [2.24, 2.45) is 11.8 Å². The summed E-state index contributed by atoms with van der Waals surface area (Å²) < 4.78 is 0. The molecule has 0 N–H and O–H groups in total. The van der Waals surface area contributed by atoms with E-state index in [-0.39, 0.29) is 0 Å². The molecule has 1 aliphatic rings. The molecular formula is C12H18O. The van der Waals surface area contributed by atoms with Gasteiger partial charge < -0.3 is 0 Å². The minimum absolute atomic E-state index is 0.294. The maximum atomic E-state index is 11.2. The number of allylic oxidation sites excluding steroid dienone is 1. The van der Waals surface area contributed by atoms with Crippen molar-refractivity contribution in [2.75, 3.05) is 0 Å². The molecule has 0 amide bonds. The van der Waals surface area contributed by atoms with Crippen LogP contribution in [0.5, 0.6) is 0 Å². The number of hydrogen-bond acceptors (Lipinski definition) is 1. The van der Waals surface area contributed by atoms with E-state index in [9.17, 15) is 4.79 Å². The van der Waals surface area contributed by atoms with Crippen molar-refractivity contribution < 1.29 is 4.79 Å². The highest BCUT2D eigenvalue weighted by Crippen LogP contribution is 2.33. The summed E-state index contributed by atoms with van der Waals surface area (Å²) in [5.41, 5.74) is 4.18. The van der Waals surface area contributed by atoms with Gasteiger partial charge in [0, 0.05) is 5.92 Å². The van der Waals surface area contributed by atoms with Crippen molar-refractivity contribution in [3.63, 3.8) is 0 Å². The molecule has 13 heavy (non-hydrogen) atoms. The van der Waals surface area contributed by atoms with Gasteiger partial charge in [0.15, 0.2) is 0 Å². The predicted molar refractivity (Wildman–Crippen MR) is 54.5 cm³/mol. The van der Waals surface area contributed by atoms with E-state index in [0.29, 0.717) is 17.6 Å². The standard InChI is InChI=1S/C12H18O/c1-4-9(2)11-6-5-7-12(8-11)10(3)13/h11-12H,1,5-8H2,2-3H3. The molecular weight excluding hydrogens is 160 g/mol. The highest BCUT2D eigenvalue weighted by molar-refractivity contribution is 5.78. The van der Waals surface area contributed by atoms with Gasteiger partial charge >= 0.3 is 0 Å². The largest absolute Gasteiger partial charge is 0.300 e. The van der Waals surface area contributed by atoms with Gasteiger partial charge in [0.2, 0.25) is 0 Å². The van der Waals surface area contributed by atoms with Gasteiger partial charge in [-0.05, 0) is 44.6 Å². The Bertz CT molecular complexity index is 246. The molecule has 1 rings (SSSR count). The van der Waals surface area contributed by atoms with Crippen molar-refractivity contribution in [1.29, 1.82) is 0 Å². The zero-order valence-corrected chi connectivity index (χ0v) is 8.60. The molecule has 0 saturated heterocycles. The van der Waals surface area contributed by atoms with Crippen molar-refractivity contribution in [1.82, 2.24) is 0 Å². The van der Waals surface area contributed by atoms with E-state index in [1.807, 2.05) is 0 Å². The summed E-state index contributed by atoms with van der Waals surface area (Å²) in [6.07, 6.45) is 4.48. The Morgan fingerprint density at radius 2 is 1.92 bits per heavy atom. The molecule has 0 radical (unpaired) electrons. The number of Topliss-reactive ketones (excluding diaryl/α,β-unsaturated/α-hetero) is 1. The molecule has 1 fully saturated rings. The topological polar surface area (TPSA) is 17.1 Å². The predicted octanol–water partition coefficient (Wildman–Crippen LogP) is 3.11. The van der Waals surface area contributed by atoms with Crippen LogP contribution in [0.2, 0.25) is 0 Å². The Kier molecular flexibility index (Phi) is 3.50. The summed E-state index contributed by atoms with van der Waals surface area (Å²) in [5, 5.41) is 0. The summed E-state index contributed by atoms with van der Waals surface area (Å²) in [6.45, 7) is 7.44. The van der Waals surface area contributed by atoms with Crippen LogP contribution < -0.4 is 0 Å². The van der Waals surface area contributed by atoms with Crippen LogP contribution >= 0.6 is 0 Å². The first-order valence-corrected chi connectivity index (χ1v) is 5.02. The lowest BCUT2D eigenvalue weighted by molar-refractivity contribution is -0.121. The quantitative estimate of drug-likeness (QED) is 0.594. The molecule has 1 saturated carbocycles. The summed E-state index contributed by atoms with van der Waals surface area (Å²) in [5.74, 6) is 1.20. The maximum Gasteiger partial charge on any atom is 0.132 e. The highest BCUT2D eigenvalue weighted by atomic mass is 16.1. The maximum absolute atomic E-state index is 11.2. The van der Waals surface area contributed by atoms with Gasteiger partial charge in [-0.3, -0.25) is 4.79 Å². The second kappa shape index (κ2) is 4.43. The van der Waals surface area contributed by atoms with Gasteiger partial charge in [0.05, 0.1) is 0 Å². The fourth-order valence-corrected chi connectivity index (χ4v) is 2.10. The number of hydrogen-bond donors (Lipinski definition) is 0. The van der Waals surface area contributed by atoms with Gasteiger partial charge in [0.1, 0.15) is 5.78 Å². The Labute approximate surface area is 80.5 Å². The number of carbonyl (C=O) groups excluding carboxylic acids is 1. The second-order valence-electron chi connectivity index (χ2n) is 4.03. The average molecular weight is 178 g/mol. The summed E-state index contributed by atoms with van der Waals surface area (Å²) in [6, 6.07) is 0. The average Bonchev–Trinajstić information content (AvgIpc) is 2.17. The van der Waals surface area contributed by atoms with Crippen LogP contribution in [0.25, 0.3) is 0 Å². The zero-order chi connectivity index (χ0) is 9.84. The third-order valence-electron chi connectivity index (χ3n) is 3.14. The SMILES string of the molecule is C=C=C(C)C1CCCC(C(C)=O)C1. The lowest BCUT2D eigenvalue weighted by atomic mass is 9.77. The lowest BCUT2D eigenvalue weighted by Crippen LogP contribution is -2.21. The van der Waals surface area contributed by atoms with Gasteiger partial charge in [-0.1, -0.05) is 13.0 Å². The molecule has 0 heterocycles. The number of carbonyl (C=O) groups is 1. The minimum Gasteiger partial charge on any atom is -0.300 e. The third-order valence-corrected chi connectivity index (χ3v) is 3.14. The molecule has 0 aromatic carbocycles. The first kappa shape index (κ1) is 10.3. The molecule has 72 valence electrons. The van der Waals surface area contributed by atoms with Crippen molar-refractivity contribution >= 4 is 5.78 Å². The molecule has 2 unspecified atom stereocenters. The fraction of sp³-hybridized carbons (Fsp3) is 0.667. The Morgan fingerprint density at radius 3 is 2.46 bits per heavy atom. The van der Waals surface area contributed by atoms with Crippen LogP contribution in [-0.4, -0.2) is 5.78 Å². The van der Waals surface area contributed by atoms with Gasteiger partial charge in [-0.25, -0.2) is 0 Å². The molecule has 1 aliphatic carbocycles. The lowest BCUT2D eigenvalue weighted by Gasteiger charge is -2.27. The molecule has 2 atom stereocenters. The summed E-state index contributed by atoms with van der Waals surface area (Å²) in [4.78, 5) is 11.2. The van der Waals surface area contributed by atoms with E-state index < -0.39 is 0 Å². The van der Waals surface area contributed by atoms with Gasteiger partial charge in [-0.15, -0.1) is 5.73 Å². The van der Waals surface area contributed by atoms with E-state index in [1.54, 1.807) is 6.92 Å². The van der Waals surface area contributed by atoms with E-state index in [2.05, 4.69) is 19.2 Å². The van der Waals surface area contributed by atoms with Crippen LogP contribution in [0.4, 0.5) is 0 Å². The fourth-order valence-electron chi connectivity index (χ4n) is 2.10. The Balaban J connectivity index is 2.61. The normalized spacial score (nSPS) is 27.8. The molecule has 0 spiro atoms. The summed E-state index contributed by atoms with van der Waals surface area (Å²) >= 11 is 0. The minimum atomic E-state index is 0.294. The van der Waals surface area contributed by atoms with Crippen LogP contribution in [0.3, 0.4) is 0 Å². The third kappa shape index (κ3) is 2.57. The second-order valence-corrected chi connectivity index (χ2v) is 4.03. The van der Waals surface area contributed by atoms with Crippen molar-refractivity contribution in [2.45, 2.75) is 39.5 Å². The first-order valence-electron chi connectivity index (χ1n) is 5.02. The van der Waals surface area contributed by atoms with Crippen LogP contribution in [0, 0.1) is 11.8 Å². The number of rotatable bonds is 2. The Morgan fingerprint density at radius 1 is 1.31 bits per heavy atom. The van der Waals surface area contributed by atoms with Crippen LogP contribution in [0.1, 0.15) is 39.5 Å². The van der Waals surface area contributed by atoms with Crippen molar-refractivity contribution in [3.05, 3.63) is 17.9 Å². The van der Waals surface area contributed by atoms with Gasteiger partial charge in [0.25, 0.3) is 0 Å². The molecule has 1 nitrogen and oxygen atoms in total. The highest BCUT2D eigenvalue weighted by Gasteiger charge is 2.25.